The topological polar surface area (TPSA) is 55.6 Å². The molecule has 1 fully saturated rings. The molecule has 0 saturated carbocycles. The zero-order valence-corrected chi connectivity index (χ0v) is 7.95. The molecule has 1 atom stereocenters. The number of likely N-dealkylation sites (N-methyl/N-ethyl adjacent to an activating group) is 1. The van der Waals surface area contributed by atoms with Gasteiger partial charge >= 0.3 is 0 Å². The van der Waals surface area contributed by atoms with E-state index in [1.807, 2.05) is 0 Å². The van der Waals surface area contributed by atoms with Gasteiger partial charge in [-0.2, -0.15) is 0 Å². The number of nitrogens with two attached hydrogens (primary N) is 1. The number of rotatable bonds is 3. The molecule has 0 aromatic heterocycles. The smallest absolute Gasteiger partial charge is 0.245 e. The van der Waals surface area contributed by atoms with Crippen LogP contribution in [-0.4, -0.2) is 43.2 Å². The average Bonchev–Trinajstić information content (AvgIpc) is 2.52. The molecule has 0 aromatic rings. The van der Waals surface area contributed by atoms with E-state index in [4.69, 9.17) is 10.5 Å². The predicted octanol–water partition coefficient (Wildman–Crippen LogP) is -0.251. The summed E-state index contributed by atoms with van der Waals surface area (Å²) in [4.78, 5) is 13.3. The Morgan fingerprint density at radius 3 is 3.00 bits per heavy atom. The normalized spacial score (nSPS) is 27.2. The molecule has 0 spiro atoms. The first-order valence-electron chi connectivity index (χ1n) is 4.33. The molecule has 1 heterocycles. The summed E-state index contributed by atoms with van der Waals surface area (Å²) < 4.78 is 5.11. The zero-order chi connectivity index (χ0) is 9.90. The van der Waals surface area contributed by atoms with Crippen LogP contribution in [0, 0.1) is 0 Å². The number of carbonyl (C=O) groups is 1. The molecule has 4 nitrogen and oxygen atoms in total. The van der Waals surface area contributed by atoms with Gasteiger partial charge in [-0.3, -0.25) is 4.79 Å². The minimum absolute atomic E-state index is 0.0649. The second kappa shape index (κ2) is 3.89. The maximum atomic E-state index is 11.7. The molecule has 0 radical (unpaired) electrons. The van der Waals surface area contributed by atoms with Crippen molar-refractivity contribution >= 4 is 5.91 Å². The summed E-state index contributed by atoms with van der Waals surface area (Å²) in [6.45, 7) is 4.99. The van der Waals surface area contributed by atoms with Crippen LogP contribution in [0.1, 0.15) is 6.42 Å². The highest BCUT2D eigenvalue weighted by atomic mass is 16.5. The van der Waals surface area contributed by atoms with Crippen molar-refractivity contribution in [2.45, 2.75) is 12.0 Å². The molecule has 1 unspecified atom stereocenters. The lowest BCUT2D eigenvalue weighted by molar-refractivity contribution is -0.135. The van der Waals surface area contributed by atoms with E-state index in [1.54, 1.807) is 18.0 Å². The number of hydrogen-bond donors (Lipinski definition) is 1. The quantitative estimate of drug-likeness (QED) is 0.615. The Morgan fingerprint density at radius 2 is 2.54 bits per heavy atom. The van der Waals surface area contributed by atoms with Crippen molar-refractivity contribution in [1.29, 1.82) is 0 Å². The standard InChI is InChI=1S/C9H16N2O2/c1-3-5-11(2)8(12)9(10)4-6-13-7-9/h3H,1,4-7,10H2,2H3. The number of hydrogen-bond acceptors (Lipinski definition) is 3. The maximum Gasteiger partial charge on any atom is 0.245 e. The SMILES string of the molecule is C=CCN(C)C(=O)C1(N)CCOC1. The van der Waals surface area contributed by atoms with Crippen molar-refractivity contribution in [1.82, 2.24) is 4.90 Å². The molecular formula is C9H16N2O2. The molecule has 0 bridgehead atoms. The van der Waals surface area contributed by atoms with Crippen molar-refractivity contribution in [2.75, 3.05) is 26.8 Å². The molecule has 2 N–H and O–H groups in total. The number of nitrogens with zero attached hydrogens (tertiary/aromatic N) is 1. The second-order valence-electron chi connectivity index (χ2n) is 3.43. The van der Waals surface area contributed by atoms with Crippen LogP contribution in [-0.2, 0) is 9.53 Å². The molecule has 1 saturated heterocycles. The van der Waals surface area contributed by atoms with Gasteiger partial charge in [-0.1, -0.05) is 6.08 Å². The molecule has 13 heavy (non-hydrogen) atoms. The predicted molar refractivity (Wildman–Crippen MR) is 50.2 cm³/mol. The molecule has 0 aliphatic carbocycles. The van der Waals surface area contributed by atoms with Gasteiger partial charge in [0.25, 0.3) is 0 Å². The van der Waals surface area contributed by atoms with Crippen molar-refractivity contribution < 1.29 is 9.53 Å². The van der Waals surface area contributed by atoms with E-state index in [1.165, 1.54) is 0 Å². The van der Waals surface area contributed by atoms with Gasteiger partial charge in [-0.05, 0) is 6.42 Å². The zero-order valence-electron chi connectivity index (χ0n) is 7.95. The number of carbonyl (C=O) groups excluding carboxylic acids is 1. The van der Waals surface area contributed by atoms with Gasteiger partial charge in [0.1, 0.15) is 5.54 Å². The Balaban J connectivity index is 2.59. The summed E-state index contributed by atoms with van der Waals surface area (Å²) in [6, 6.07) is 0. The lowest BCUT2D eigenvalue weighted by Gasteiger charge is -2.26. The first-order valence-corrected chi connectivity index (χ1v) is 4.33. The molecular weight excluding hydrogens is 168 g/mol. The monoisotopic (exact) mass is 184 g/mol. The third-order valence-corrected chi connectivity index (χ3v) is 2.23. The average molecular weight is 184 g/mol. The van der Waals surface area contributed by atoms with Gasteiger partial charge in [0.2, 0.25) is 5.91 Å². The third-order valence-electron chi connectivity index (χ3n) is 2.23. The molecule has 1 amide bonds. The summed E-state index contributed by atoms with van der Waals surface area (Å²) in [6.07, 6.45) is 2.28. The first kappa shape index (κ1) is 10.2. The second-order valence-corrected chi connectivity index (χ2v) is 3.43. The molecule has 1 rings (SSSR count). The summed E-state index contributed by atoms with van der Waals surface area (Å²) in [5.74, 6) is -0.0649. The Labute approximate surface area is 78.3 Å². The third kappa shape index (κ3) is 2.08. The molecule has 1 aliphatic heterocycles. The molecule has 1 aliphatic rings. The van der Waals surface area contributed by atoms with Gasteiger partial charge < -0.3 is 15.4 Å². The van der Waals surface area contributed by atoms with Crippen LogP contribution in [0.3, 0.4) is 0 Å². The van der Waals surface area contributed by atoms with E-state index in [9.17, 15) is 4.79 Å². The van der Waals surface area contributed by atoms with E-state index in [0.717, 1.165) is 0 Å². The van der Waals surface area contributed by atoms with Crippen LogP contribution < -0.4 is 5.73 Å². The summed E-state index contributed by atoms with van der Waals surface area (Å²) in [5, 5.41) is 0. The minimum Gasteiger partial charge on any atom is -0.379 e. The van der Waals surface area contributed by atoms with Crippen molar-refractivity contribution in [3.8, 4) is 0 Å². The van der Waals surface area contributed by atoms with E-state index in [0.29, 0.717) is 26.2 Å². The largest absolute Gasteiger partial charge is 0.379 e. The van der Waals surface area contributed by atoms with Gasteiger partial charge in [0, 0.05) is 20.2 Å². The van der Waals surface area contributed by atoms with E-state index in [-0.39, 0.29) is 5.91 Å². The van der Waals surface area contributed by atoms with Gasteiger partial charge in [0.05, 0.1) is 6.61 Å². The molecule has 0 aromatic carbocycles. The van der Waals surface area contributed by atoms with Crippen LogP contribution in [0.15, 0.2) is 12.7 Å². The Kier molecular flexibility index (Phi) is 3.06. The van der Waals surface area contributed by atoms with Crippen LogP contribution in [0.4, 0.5) is 0 Å². The highest BCUT2D eigenvalue weighted by Crippen LogP contribution is 2.17. The van der Waals surface area contributed by atoms with E-state index in [2.05, 4.69) is 6.58 Å². The maximum absolute atomic E-state index is 11.7. The highest BCUT2D eigenvalue weighted by molar-refractivity contribution is 5.86. The minimum atomic E-state index is -0.808. The highest BCUT2D eigenvalue weighted by Gasteiger charge is 2.39. The molecule has 4 heteroatoms. The van der Waals surface area contributed by atoms with E-state index >= 15 is 0 Å². The number of amides is 1. The lowest BCUT2D eigenvalue weighted by atomic mass is 9.98. The Morgan fingerprint density at radius 1 is 1.85 bits per heavy atom. The van der Waals surface area contributed by atoms with Crippen LogP contribution in [0.2, 0.25) is 0 Å². The Bertz CT molecular complexity index is 210. The summed E-state index contributed by atoms with van der Waals surface area (Å²) in [7, 11) is 1.72. The van der Waals surface area contributed by atoms with Crippen LogP contribution >= 0.6 is 0 Å². The summed E-state index contributed by atoms with van der Waals surface area (Å²) in [5.41, 5.74) is 5.08. The Hall–Kier alpha value is -0.870. The lowest BCUT2D eigenvalue weighted by Crippen LogP contribution is -2.54. The fourth-order valence-electron chi connectivity index (χ4n) is 1.41. The van der Waals surface area contributed by atoms with Crippen LogP contribution in [0.5, 0.6) is 0 Å². The van der Waals surface area contributed by atoms with Crippen molar-refractivity contribution in [3.63, 3.8) is 0 Å². The number of ether oxygens (including phenoxy) is 1. The summed E-state index contributed by atoms with van der Waals surface area (Å²) >= 11 is 0. The van der Waals surface area contributed by atoms with Crippen molar-refractivity contribution in [2.24, 2.45) is 5.73 Å². The van der Waals surface area contributed by atoms with Gasteiger partial charge in [-0.15, -0.1) is 6.58 Å². The molecule has 74 valence electrons. The van der Waals surface area contributed by atoms with Gasteiger partial charge in [0.15, 0.2) is 0 Å². The van der Waals surface area contributed by atoms with E-state index < -0.39 is 5.54 Å². The van der Waals surface area contributed by atoms with Crippen LogP contribution in [0.25, 0.3) is 0 Å². The fourth-order valence-corrected chi connectivity index (χ4v) is 1.41. The first-order chi connectivity index (χ1) is 6.10. The van der Waals surface area contributed by atoms with Crippen molar-refractivity contribution in [3.05, 3.63) is 12.7 Å². The fraction of sp³-hybridized carbons (Fsp3) is 0.667. The van der Waals surface area contributed by atoms with Gasteiger partial charge in [-0.25, -0.2) is 0 Å².